The lowest BCUT2D eigenvalue weighted by molar-refractivity contribution is -0.127. The van der Waals surface area contributed by atoms with Gasteiger partial charge in [0.1, 0.15) is 0 Å². The number of nitrogens with two attached hydrogens (primary N) is 11. The number of pyridine rings is 1. The summed E-state index contributed by atoms with van der Waals surface area (Å²) in [5.74, 6) is 0.299. The molecule has 4 saturated heterocycles. The van der Waals surface area contributed by atoms with Crippen LogP contribution in [-0.4, -0.2) is 371 Å². The first kappa shape index (κ1) is 113. The number of ether oxygens (including phenoxy) is 1. The summed E-state index contributed by atoms with van der Waals surface area (Å²) in [5.41, 5.74) is 61.5. The fourth-order valence-electron chi connectivity index (χ4n) is 11.4. The molecule has 5 heterocycles. The van der Waals surface area contributed by atoms with Gasteiger partial charge in [0.25, 0.3) is 0 Å². The second-order valence-electron chi connectivity index (χ2n) is 27.6. The largest absolute Gasteiger partial charge is 0.395 e. The number of aliphatic hydroxyl groups is 4. The van der Waals surface area contributed by atoms with E-state index in [0.29, 0.717) is 64.3 Å². The van der Waals surface area contributed by atoms with E-state index in [1.54, 1.807) is 6.20 Å². The highest BCUT2D eigenvalue weighted by atomic mass is 16.5. The van der Waals surface area contributed by atoms with Gasteiger partial charge in [0.05, 0.1) is 39.6 Å². The minimum atomic E-state index is 0.125. The molecule has 1 amide bonds. The molecule has 1 aromatic heterocycles. The number of para-hydroxylation sites is 1. The highest BCUT2D eigenvalue weighted by Crippen LogP contribution is 2.16. The molecule has 0 bridgehead atoms. The Bertz CT molecular complexity index is 1930. The van der Waals surface area contributed by atoms with E-state index in [1.165, 1.54) is 83.4 Å². The molecule has 2 atom stereocenters. The number of hydrogen-bond donors (Lipinski definition) is 15. The first-order chi connectivity index (χ1) is 52.3. The van der Waals surface area contributed by atoms with Crippen LogP contribution in [-0.2, 0) is 16.0 Å². The number of aromatic nitrogens is 1. The summed E-state index contributed by atoms with van der Waals surface area (Å²) in [6.07, 6.45) is 21.5. The SMILES string of the molecule is CC1CCCCN1CCCN.CCN(CC)CCCC(C)N.CCN(CC)CCCN.CN(C)CCCN.CN(CCCN)c1ccccc1.NCCCN(CCO)CCO.NCCCN1CCCC1=O.NCCN(CCO)CCO.NCCN1CCCCC1.NCCN1CCOCC1.NCCc1ccccn1. The van der Waals surface area contributed by atoms with Crippen LogP contribution in [0.25, 0.3) is 0 Å². The minimum Gasteiger partial charge on any atom is -0.395 e. The number of aliphatic hydroxyl groups excluding tert-OH is 4. The van der Waals surface area contributed by atoms with Crippen molar-refractivity contribution in [3.8, 4) is 0 Å². The molecule has 2 aromatic rings. The maximum absolute atomic E-state index is 11.0. The number of carbonyl (C=O) groups excluding carboxylic acids is 1. The van der Waals surface area contributed by atoms with Crippen LogP contribution >= 0.6 is 0 Å². The normalized spacial score (nSPS) is 15.2. The monoisotopic (exact) mass is 1540 g/mol. The first-order valence-corrected chi connectivity index (χ1v) is 41.8. The summed E-state index contributed by atoms with van der Waals surface area (Å²) in [6.45, 7) is 47.1. The summed E-state index contributed by atoms with van der Waals surface area (Å²) in [4.78, 5) is 37.4. The molecule has 28 heteroatoms. The van der Waals surface area contributed by atoms with Crippen molar-refractivity contribution in [1.82, 2.24) is 49.1 Å². The Hall–Kier alpha value is -3.32. The number of carbonyl (C=O) groups is 1. The van der Waals surface area contributed by atoms with E-state index in [0.717, 1.165) is 227 Å². The molecule has 4 aliphatic heterocycles. The van der Waals surface area contributed by atoms with Crippen molar-refractivity contribution >= 4 is 11.6 Å². The van der Waals surface area contributed by atoms with E-state index in [1.807, 2.05) is 51.1 Å². The highest BCUT2D eigenvalue weighted by Gasteiger charge is 2.19. The van der Waals surface area contributed by atoms with Crippen LogP contribution in [0.5, 0.6) is 0 Å². The quantitative estimate of drug-likeness (QED) is 0.0450. The van der Waals surface area contributed by atoms with Gasteiger partial charge in [-0.05, 0) is 260 Å². The third kappa shape index (κ3) is 79.3. The Labute approximate surface area is 662 Å². The highest BCUT2D eigenvalue weighted by molar-refractivity contribution is 5.78. The van der Waals surface area contributed by atoms with Crippen molar-refractivity contribution in [3.63, 3.8) is 0 Å². The van der Waals surface area contributed by atoms with Gasteiger partial charge < -0.3 is 123 Å². The molecule has 0 radical (unpaired) electrons. The second kappa shape index (κ2) is 90.9. The molecular formula is C80H178N22O6. The van der Waals surface area contributed by atoms with Gasteiger partial charge in [-0.3, -0.25) is 24.5 Å². The molecule has 4 fully saturated rings. The molecule has 108 heavy (non-hydrogen) atoms. The molecule has 28 nitrogen and oxygen atoms in total. The third-order valence-electron chi connectivity index (χ3n) is 18.1. The summed E-state index contributed by atoms with van der Waals surface area (Å²) in [6, 6.07) is 17.4. The molecule has 0 saturated carbocycles. The van der Waals surface area contributed by atoms with Gasteiger partial charge in [-0.2, -0.15) is 0 Å². The molecule has 1 aromatic carbocycles. The van der Waals surface area contributed by atoms with Crippen LogP contribution in [0.1, 0.15) is 150 Å². The molecule has 4 aliphatic rings. The Balaban J connectivity index is -0.000000361. The number of benzene rings is 1. The first-order valence-electron chi connectivity index (χ1n) is 41.8. The second-order valence-corrected chi connectivity index (χ2v) is 27.6. The van der Waals surface area contributed by atoms with Crippen molar-refractivity contribution < 1.29 is 30.0 Å². The van der Waals surface area contributed by atoms with E-state index < -0.39 is 0 Å². The number of morpholine rings is 1. The van der Waals surface area contributed by atoms with Gasteiger partial charge in [0, 0.05) is 148 Å². The Morgan fingerprint density at radius 2 is 0.935 bits per heavy atom. The Kier molecular flexibility index (Phi) is 95.3. The van der Waals surface area contributed by atoms with E-state index in [4.69, 9.17) is 88.2 Å². The number of amides is 1. The summed E-state index contributed by atoms with van der Waals surface area (Å²) in [5, 5.41) is 34.3. The topological polar surface area (TPSA) is 439 Å². The van der Waals surface area contributed by atoms with Crippen molar-refractivity contribution in [2.24, 2.45) is 63.1 Å². The Morgan fingerprint density at radius 1 is 0.472 bits per heavy atom. The molecule has 644 valence electrons. The lowest BCUT2D eigenvalue weighted by Crippen LogP contribution is -2.39. The lowest BCUT2D eigenvalue weighted by Gasteiger charge is -2.33. The average molecular weight is 1540 g/mol. The van der Waals surface area contributed by atoms with E-state index in [2.05, 4.69) is 114 Å². The third-order valence-corrected chi connectivity index (χ3v) is 18.1. The van der Waals surface area contributed by atoms with E-state index in [9.17, 15) is 4.79 Å². The van der Waals surface area contributed by atoms with Crippen molar-refractivity contribution in [2.75, 3.05) is 288 Å². The van der Waals surface area contributed by atoms with Gasteiger partial charge in [-0.1, -0.05) is 64.8 Å². The van der Waals surface area contributed by atoms with Crippen LogP contribution in [0.15, 0.2) is 54.7 Å². The van der Waals surface area contributed by atoms with Crippen molar-refractivity contribution in [2.45, 2.75) is 163 Å². The number of rotatable bonds is 43. The zero-order valence-corrected chi connectivity index (χ0v) is 71.0. The van der Waals surface area contributed by atoms with Gasteiger partial charge >= 0.3 is 0 Å². The molecule has 26 N–H and O–H groups in total. The summed E-state index contributed by atoms with van der Waals surface area (Å²) < 4.78 is 5.16. The fourth-order valence-corrected chi connectivity index (χ4v) is 11.4. The lowest BCUT2D eigenvalue weighted by atomic mass is 10.0. The predicted octanol–water partition coefficient (Wildman–Crippen LogP) is 1.81. The van der Waals surface area contributed by atoms with E-state index in [-0.39, 0.29) is 26.4 Å². The Morgan fingerprint density at radius 3 is 1.35 bits per heavy atom. The number of likely N-dealkylation sites (tertiary alicyclic amines) is 3. The molecule has 0 aliphatic carbocycles. The zero-order chi connectivity index (χ0) is 81.7. The smallest absolute Gasteiger partial charge is 0.222 e. The van der Waals surface area contributed by atoms with Crippen LogP contribution in [0.3, 0.4) is 0 Å². The molecule has 6 rings (SSSR count). The number of piperidine rings is 2. The van der Waals surface area contributed by atoms with Gasteiger partial charge in [0.2, 0.25) is 5.91 Å². The summed E-state index contributed by atoms with van der Waals surface area (Å²) >= 11 is 0. The maximum Gasteiger partial charge on any atom is 0.222 e. The average Bonchev–Trinajstić information content (AvgIpc) is 1.64. The number of nitrogens with zero attached hydrogens (tertiary/aromatic N) is 11. The predicted molar refractivity (Wildman–Crippen MR) is 462 cm³/mol. The maximum atomic E-state index is 11.0. The molecule has 2 unspecified atom stereocenters. The van der Waals surface area contributed by atoms with Crippen LogP contribution in [0.2, 0.25) is 0 Å². The minimum absolute atomic E-state index is 0.125. The van der Waals surface area contributed by atoms with Gasteiger partial charge in [-0.25, -0.2) is 0 Å². The van der Waals surface area contributed by atoms with Gasteiger partial charge in [0.15, 0.2) is 0 Å². The molecular weight excluding hydrogens is 1370 g/mol. The fraction of sp³-hybridized carbons (Fsp3) is 0.850. The number of hydrogen-bond acceptors (Lipinski definition) is 27. The van der Waals surface area contributed by atoms with E-state index >= 15 is 0 Å². The van der Waals surface area contributed by atoms with Crippen molar-refractivity contribution in [1.29, 1.82) is 0 Å². The summed E-state index contributed by atoms with van der Waals surface area (Å²) in [7, 11) is 6.19. The van der Waals surface area contributed by atoms with Crippen LogP contribution < -0.4 is 68.0 Å². The standard InChI is InChI=1S/C10H16N2.C9H20N2.C9H22N2.C7H18N2O2.C7H14N2O.C7H10N2.C7H16N2.C7H18N2.C6H16N2O2.C6H14N2O.C5H14N2/c1-12(9-5-8-11)10-6-3-2-4-7-10;1-9-5-2-3-7-11(9)8-4-6-10;1-4-11(5-2)8-6-7-9(3)10;8-2-1-3-9(4-6-10)5-7-11;8-4-2-6-9-5-1-3-7(9)10;8-5-4-7-3-1-2-6-9-7;8-4-7-9-5-2-1-3-6-9;1-3-9(4-2)7-5-6-8;7-1-2-8(3-5-9)4-6-10;7-1-2-8-3-5-9-6-4-8;1-7(2)5-3-4-6/h2-4,6-7H,5,8-9,11H2,1H3;9H,2-8,10H2,1H3;9H,4-8,10H2,1-3H3;10-11H,1-8H2;1-6,8H2;1-3,6H,4-5,8H2;1-8H2;3-8H2,1-2H3;9-10H,1-7H2;1-7H2;3-6H2,1-2H3. The number of anilines is 1. The van der Waals surface area contributed by atoms with Crippen molar-refractivity contribution in [3.05, 3.63) is 60.4 Å². The van der Waals surface area contributed by atoms with Crippen LogP contribution in [0, 0.1) is 0 Å². The molecule has 0 spiro atoms. The van der Waals surface area contributed by atoms with Gasteiger partial charge in [-0.15, -0.1) is 0 Å². The zero-order valence-electron chi connectivity index (χ0n) is 71.0. The van der Waals surface area contributed by atoms with Crippen LogP contribution in [0.4, 0.5) is 5.69 Å².